The minimum Gasteiger partial charge on any atom is -0.469 e. The molecule has 0 aliphatic rings. The molecular weight excluding hydrogens is 252 g/mol. The van der Waals surface area contributed by atoms with Crippen LogP contribution < -0.4 is 0 Å². The van der Waals surface area contributed by atoms with E-state index in [4.69, 9.17) is 0 Å². The van der Waals surface area contributed by atoms with Crippen LogP contribution in [0.4, 0.5) is 0 Å². The van der Waals surface area contributed by atoms with Crippen molar-refractivity contribution in [2.45, 2.75) is 26.2 Å². The van der Waals surface area contributed by atoms with E-state index < -0.39 is 0 Å². The zero-order valence-corrected chi connectivity index (χ0v) is 12.0. The molecule has 0 saturated heterocycles. The van der Waals surface area contributed by atoms with Gasteiger partial charge in [0.2, 0.25) is 0 Å². The van der Waals surface area contributed by atoms with E-state index in [1.165, 1.54) is 14.0 Å². The third-order valence-corrected chi connectivity index (χ3v) is 2.77. The summed E-state index contributed by atoms with van der Waals surface area (Å²) in [6.45, 7) is 1.53. The number of rotatable bonds is 7. The number of hydrogen-bond acceptors (Lipinski definition) is 3. The van der Waals surface area contributed by atoms with E-state index in [2.05, 4.69) is 4.74 Å². The molecule has 0 aromatic heterocycles. The van der Waals surface area contributed by atoms with Gasteiger partial charge in [-0.1, -0.05) is 42.5 Å². The summed E-state index contributed by atoms with van der Waals surface area (Å²) in [5.74, 6) is -0.148. The number of ketones is 1. The number of hydrogen-bond donors (Lipinski definition) is 0. The molecule has 3 nitrogen and oxygen atoms in total. The Morgan fingerprint density at radius 1 is 1.15 bits per heavy atom. The van der Waals surface area contributed by atoms with Crippen molar-refractivity contribution in [3.05, 3.63) is 47.5 Å². The zero-order valence-electron chi connectivity index (χ0n) is 12.0. The van der Waals surface area contributed by atoms with Crippen LogP contribution in [-0.4, -0.2) is 18.9 Å². The molecule has 0 heterocycles. The van der Waals surface area contributed by atoms with Crippen LogP contribution in [0.1, 0.15) is 37.3 Å². The maximum atomic E-state index is 11.0. The van der Waals surface area contributed by atoms with Gasteiger partial charge >= 0.3 is 5.97 Å². The molecule has 106 valence electrons. The molecule has 0 atom stereocenters. The second-order valence-corrected chi connectivity index (χ2v) is 4.44. The van der Waals surface area contributed by atoms with Crippen molar-refractivity contribution < 1.29 is 14.3 Å². The van der Waals surface area contributed by atoms with E-state index in [9.17, 15) is 9.59 Å². The van der Waals surface area contributed by atoms with Gasteiger partial charge in [-0.2, -0.15) is 0 Å². The van der Waals surface area contributed by atoms with Gasteiger partial charge < -0.3 is 4.74 Å². The van der Waals surface area contributed by atoms with E-state index in [-0.39, 0.29) is 11.8 Å². The predicted octanol–water partition coefficient (Wildman–Crippen LogP) is 3.65. The maximum absolute atomic E-state index is 11.0. The van der Waals surface area contributed by atoms with Gasteiger partial charge in [0.1, 0.15) is 0 Å². The summed E-state index contributed by atoms with van der Waals surface area (Å²) in [5, 5.41) is 0. The average Bonchev–Trinajstić information content (AvgIpc) is 2.45. The highest BCUT2D eigenvalue weighted by molar-refractivity contribution is 5.92. The SMILES string of the molecule is COC(=O)CCC/C=C\c1ccccc1/C=C/C(C)=O. The highest BCUT2D eigenvalue weighted by Gasteiger charge is 1.98. The highest BCUT2D eigenvalue weighted by atomic mass is 16.5. The molecule has 0 aliphatic carbocycles. The monoisotopic (exact) mass is 272 g/mol. The standard InChI is InChI=1S/C17H20O3/c1-14(18)12-13-16-10-7-6-9-15(16)8-4-3-5-11-17(19)20-2/h4,6-10,12-13H,3,5,11H2,1-2H3/b8-4-,13-12+. The van der Waals surface area contributed by atoms with Gasteiger partial charge in [0.05, 0.1) is 7.11 Å². The van der Waals surface area contributed by atoms with Gasteiger partial charge in [0, 0.05) is 6.42 Å². The van der Waals surface area contributed by atoms with Crippen molar-refractivity contribution in [3.8, 4) is 0 Å². The Kier molecular flexibility index (Phi) is 7.04. The third-order valence-electron chi connectivity index (χ3n) is 2.77. The Morgan fingerprint density at radius 3 is 2.40 bits per heavy atom. The lowest BCUT2D eigenvalue weighted by Gasteiger charge is -2.00. The van der Waals surface area contributed by atoms with Crippen LogP contribution in [0.15, 0.2) is 36.4 Å². The summed E-state index contributed by atoms with van der Waals surface area (Å²) < 4.78 is 4.58. The molecular formula is C17H20O3. The molecule has 0 N–H and O–H groups in total. The molecule has 1 aromatic rings. The Balaban J connectivity index is 2.58. The average molecular weight is 272 g/mol. The van der Waals surface area contributed by atoms with Crippen molar-refractivity contribution >= 4 is 23.9 Å². The molecule has 0 radical (unpaired) electrons. The van der Waals surface area contributed by atoms with Crippen LogP contribution >= 0.6 is 0 Å². The van der Waals surface area contributed by atoms with E-state index in [0.717, 1.165) is 24.0 Å². The van der Waals surface area contributed by atoms with Crippen LogP contribution in [0.5, 0.6) is 0 Å². The molecule has 0 amide bonds. The number of benzene rings is 1. The molecule has 1 aromatic carbocycles. The second-order valence-electron chi connectivity index (χ2n) is 4.44. The van der Waals surface area contributed by atoms with Crippen molar-refractivity contribution in [2.24, 2.45) is 0 Å². The van der Waals surface area contributed by atoms with Gasteiger partial charge in [-0.3, -0.25) is 9.59 Å². The molecule has 0 fully saturated rings. The normalized spacial score (nSPS) is 11.1. The topological polar surface area (TPSA) is 43.4 Å². The molecule has 3 heteroatoms. The smallest absolute Gasteiger partial charge is 0.305 e. The third kappa shape index (κ3) is 6.14. The quantitative estimate of drug-likeness (QED) is 0.432. The lowest BCUT2D eigenvalue weighted by molar-refractivity contribution is -0.140. The summed E-state index contributed by atoms with van der Waals surface area (Å²) in [6, 6.07) is 7.86. The van der Waals surface area contributed by atoms with Crippen molar-refractivity contribution in [2.75, 3.05) is 7.11 Å². The molecule has 1 rings (SSSR count). The number of esters is 1. The van der Waals surface area contributed by atoms with E-state index in [1.807, 2.05) is 42.5 Å². The van der Waals surface area contributed by atoms with Crippen LogP contribution in [0.2, 0.25) is 0 Å². The molecule has 0 unspecified atom stereocenters. The number of ether oxygens (including phenoxy) is 1. The largest absolute Gasteiger partial charge is 0.469 e. The minimum atomic E-state index is -0.178. The van der Waals surface area contributed by atoms with E-state index >= 15 is 0 Å². The van der Waals surface area contributed by atoms with Gasteiger partial charge in [-0.25, -0.2) is 0 Å². The number of methoxy groups -OCH3 is 1. The lowest BCUT2D eigenvalue weighted by atomic mass is 10.1. The highest BCUT2D eigenvalue weighted by Crippen LogP contribution is 2.13. The van der Waals surface area contributed by atoms with Crippen molar-refractivity contribution in [3.63, 3.8) is 0 Å². The van der Waals surface area contributed by atoms with Gasteiger partial charge in [0.25, 0.3) is 0 Å². The fourth-order valence-electron chi connectivity index (χ4n) is 1.70. The lowest BCUT2D eigenvalue weighted by Crippen LogP contribution is -1.98. The Hall–Kier alpha value is -2.16. The van der Waals surface area contributed by atoms with Crippen LogP contribution in [0, 0.1) is 0 Å². The first-order valence-corrected chi connectivity index (χ1v) is 6.64. The first-order valence-electron chi connectivity index (χ1n) is 6.64. The Morgan fingerprint density at radius 2 is 1.80 bits per heavy atom. The van der Waals surface area contributed by atoms with Gasteiger partial charge in [-0.15, -0.1) is 0 Å². The van der Waals surface area contributed by atoms with Crippen LogP contribution in [0.3, 0.4) is 0 Å². The fraction of sp³-hybridized carbons (Fsp3) is 0.294. The molecule has 0 aliphatic heterocycles. The Bertz CT molecular complexity index is 513. The molecule has 0 bridgehead atoms. The molecule has 0 saturated carbocycles. The second kappa shape index (κ2) is 8.86. The van der Waals surface area contributed by atoms with Crippen molar-refractivity contribution in [1.82, 2.24) is 0 Å². The number of carbonyl (C=O) groups excluding carboxylic acids is 2. The number of unbranched alkanes of at least 4 members (excludes halogenated alkanes) is 1. The summed E-state index contributed by atoms with van der Waals surface area (Å²) in [4.78, 5) is 21.9. The number of carbonyl (C=O) groups is 2. The van der Waals surface area contributed by atoms with Gasteiger partial charge in [-0.05, 0) is 37.0 Å². The van der Waals surface area contributed by atoms with E-state index in [0.29, 0.717) is 6.42 Å². The fourth-order valence-corrected chi connectivity index (χ4v) is 1.70. The summed E-state index contributed by atoms with van der Waals surface area (Å²) in [7, 11) is 1.40. The molecule has 20 heavy (non-hydrogen) atoms. The molecule has 0 spiro atoms. The Labute approximate surface area is 120 Å². The zero-order chi connectivity index (χ0) is 14.8. The van der Waals surface area contributed by atoms with Crippen LogP contribution in [-0.2, 0) is 14.3 Å². The maximum Gasteiger partial charge on any atom is 0.305 e. The summed E-state index contributed by atoms with van der Waals surface area (Å²) in [6.07, 6.45) is 9.45. The van der Waals surface area contributed by atoms with Crippen molar-refractivity contribution in [1.29, 1.82) is 0 Å². The summed E-state index contributed by atoms with van der Waals surface area (Å²) >= 11 is 0. The predicted molar refractivity (Wildman–Crippen MR) is 81.1 cm³/mol. The first kappa shape index (κ1) is 15.9. The number of allylic oxidation sites excluding steroid dienone is 2. The summed E-state index contributed by atoms with van der Waals surface area (Å²) in [5.41, 5.74) is 2.06. The minimum absolute atomic E-state index is 0.0295. The van der Waals surface area contributed by atoms with E-state index in [1.54, 1.807) is 6.08 Å². The first-order chi connectivity index (χ1) is 9.63. The van der Waals surface area contributed by atoms with Crippen LogP contribution in [0.25, 0.3) is 12.2 Å². The van der Waals surface area contributed by atoms with Gasteiger partial charge in [0.15, 0.2) is 5.78 Å².